The number of carbonyl (C=O) groups excluding carboxylic acids is 1. The summed E-state index contributed by atoms with van der Waals surface area (Å²) in [6.07, 6.45) is 10.8. The van der Waals surface area contributed by atoms with Crippen molar-refractivity contribution >= 4 is 28.1 Å². The van der Waals surface area contributed by atoms with E-state index in [1.54, 1.807) is 18.6 Å². The van der Waals surface area contributed by atoms with Gasteiger partial charge in [-0.25, -0.2) is 0 Å². The Kier molecular flexibility index (Phi) is 4.58. The minimum absolute atomic E-state index is 0.151. The number of carbonyl (C=O) groups is 1. The zero-order valence-corrected chi connectivity index (χ0v) is 16.3. The Morgan fingerprint density at radius 3 is 2.48 bits per heavy atom. The van der Waals surface area contributed by atoms with E-state index in [9.17, 15) is 4.79 Å². The lowest BCUT2D eigenvalue weighted by molar-refractivity contribution is 0.0968. The van der Waals surface area contributed by atoms with Crippen LogP contribution in [-0.4, -0.2) is 27.5 Å². The smallest absolute Gasteiger partial charge is 0.169 e. The Bertz CT molecular complexity index is 1080. The van der Waals surface area contributed by atoms with Gasteiger partial charge in [-0.3, -0.25) is 14.8 Å². The normalized spacial score (nSPS) is 19.3. The van der Waals surface area contributed by atoms with E-state index in [1.165, 1.54) is 0 Å². The zero-order chi connectivity index (χ0) is 19.8. The molecule has 2 aliphatic rings. The number of rotatable bonds is 5. The van der Waals surface area contributed by atoms with Crippen molar-refractivity contribution in [3.05, 3.63) is 54.5 Å². The van der Waals surface area contributed by atoms with Gasteiger partial charge in [0.25, 0.3) is 0 Å². The van der Waals surface area contributed by atoms with Crippen LogP contribution in [0.4, 0.5) is 5.69 Å². The largest absolute Gasteiger partial charge is 0.381 e. The summed E-state index contributed by atoms with van der Waals surface area (Å²) in [7, 11) is 0. The fourth-order valence-corrected chi connectivity index (χ4v) is 4.14. The number of hydrogen-bond acceptors (Lipinski definition) is 5. The van der Waals surface area contributed by atoms with Crippen LogP contribution < -0.4 is 5.32 Å². The Labute approximate surface area is 170 Å². The first kappa shape index (κ1) is 18.0. The molecule has 3 aromatic rings. The molecule has 5 nitrogen and oxygen atoms in total. The van der Waals surface area contributed by atoms with Crippen LogP contribution >= 0.6 is 0 Å². The van der Waals surface area contributed by atoms with E-state index in [0.29, 0.717) is 5.56 Å². The molecule has 0 atom stereocenters. The van der Waals surface area contributed by atoms with Gasteiger partial charge < -0.3 is 10.7 Å². The van der Waals surface area contributed by atoms with Gasteiger partial charge in [0.1, 0.15) is 0 Å². The standard InChI is InChI=1S/C24H24N4O/c25-18-4-6-19(7-5-18)28-23-20-13-17(15-9-11-26-12-10-15)3-8-22(20)27-14-21(23)24(29)16-1-2-16/h3,8-14,16,19,25H,1-2,4-7H2,(H,27,28). The summed E-state index contributed by atoms with van der Waals surface area (Å²) in [5.74, 6) is 0.359. The highest BCUT2D eigenvalue weighted by atomic mass is 16.1. The van der Waals surface area contributed by atoms with Gasteiger partial charge in [0.05, 0.1) is 16.8 Å². The predicted molar refractivity (Wildman–Crippen MR) is 116 cm³/mol. The van der Waals surface area contributed by atoms with Gasteiger partial charge in [-0.05, 0) is 73.9 Å². The predicted octanol–water partition coefficient (Wildman–Crippen LogP) is 5.26. The lowest BCUT2D eigenvalue weighted by atomic mass is 9.92. The minimum atomic E-state index is 0.151. The second-order valence-corrected chi connectivity index (χ2v) is 8.18. The van der Waals surface area contributed by atoms with Crippen LogP contribution in [0.1, 0.15) is 48.9 Å². The summed E-state index contributed by atoms with van der Waals surface area (Å²) in [6, 6.07) is 10.5. The van der Waals surface area contributed by atoms with Gasteiger partial charge in [-0.15, -0.1) is 0 Å². The third-order valence-electron chi connectivity index (χ3n) is 6.03. The van der Waals surface area contributed by atoms with Crippen molar-refractivity contribution in [3.8, 4) is 11.1 Å². The van der Waals surface area contributed by atoms with Crippen molar-refractivity contribution in [1.82, 2.24) is 9.97 Å². The number of nitrogens with zero attached hydrogens (tertiary/aromatic N) is 2. The number of hydrogen-bond donors (Lipinski definition) is 2. The van der Waals surface area contributed by atoms with Crippen molar-refractivity contribution in [2.24, 2.45) is 5.92 Å². The molecule has 5 rings (SSSR count). The maximum absolute atomic E-state index is 13.0. The Morgan fingerprint density at radius 2 is 1.76 bits per heavy atom. The van der Waals surface area contributed by atoms with Crippen LogP contribution in [0.25, 0.3) is 22.0 Å². The summed E-state index contributed by atoms with van der Waals surface area (Å²) >= 11 is 0. The average Bonchev–Trinajstić information content (AvgIpc) is 3.61. The SMILES string of the molecule is N=C1CCC(Nc2c(C(=O)C3CC3)cnc3ccc(-c4ccncc4)cc23)CC1. The molecule has 2 N–H and O–H groups in total. The van der Waals surface area contributed by atoms with Crippen molar-refractivity contribution in [1.29, 1.82) is 5.41 Å². The number of nitrogens with one attached hydrogen (secondary N) is 2. The van der Waals surface area contributed by atoms with Crippen molar-refractivity contribution in [2.45, 2.75) is 44.6 Å². The van der Waals surface area contributed by atoms with Crippen LogP contribution in [-0.2, 0) is 0 Å². The topological polar surface area (TPSA) is 78.7 Å². The Hall–Kier alpha value is -3.08. The fraction of sp³-hybridized carbons (Fsp3) is 0.333. The first-order valence-electron chi connectivity index (χ1n) is 10.4. The monoisotopic (exact) mass is 384 g/mol. The van der Waals surface area contributed by atoms with Gasteiger partial charge in [-0.2, -0.15) is 0 Å². The van der Waals surface area contributed by atoms with E-state index in [-0.39, 0.29) is 17.7 Å². The van der Waals surface area contributed by atoms with Crippen LogP contribution in [0.3, 0.4) is 0 Å². The minimum Gasteiger partial charge on any atom is -0.381 e. The molecule has 0 aliphatic heterocycles. The molecule has 0 bridgehead atoms. The zero-order valence-electron chi connectivity index (χ0n) is 16.3. The maximum Gasteiger partial charge on any atom is 0.169 e. The summed E-state index contributed by atoms with van der Waals surface area (Å²) < 4.78 is 0. The van der Waals surface area contributed by atoms with E-state index in [1.807, 2.05) is 18.2 Å². The highest BCUT2D eigenvalue weighted by Crippen LogP contribution is 2.38. The van der Waals surface area contributed by atoms with Gasteiger partial charge in [0, 0.05) is 41.6 Å². The van der Waals surface area contributed by atoms with Crippen molar-refractivity contribution in [3.63, 3.8) is 0 Å². The second-order valence-electron chi connectivity index (χ2n) is 8.18. The molecule has 0 unspecified atom stereocenters. The molecule has 29 heavy (non-hydrogen) atoms. The van der Waals surface area contributed by atoms with Gasteiger partial charge in [0.2, 0.25) is 0 Å². The van der Waals surface area contributed by atoms with Crippen LogP contribution in [0.15, 0.2) is 48.9 Å². The number of anilines is 1. The Morgan fingerprint density at radius 1 is 1.00 bits per heavy atom. The van der Waals surface area contributed by atoms with Gasteiger partial charge in [-0.1, -0.05) is 6.07 Å². The molecule has 2 fully saturated rings. The lowest BCUT2D eigenvalue weighted by Crippen LogP contribution is -2.27. The molecule has 146 valence electrons. The molecule has 2 aromatic heterocycles. The number of fused-ring (bicyclic) bond motifs is 1. The molecular weight excluding hydrogens is 360 g/mol. The van der Waals surface area contributed by atoms with Gasteiger partial charge >= 0.3 is 0 Å². The number of pyridine rings is 2. The molecule has 5 heteroatoms. The molecule has 2 aliphatic carbocycles. The van der Waals surface area contributed by atoms with E-state index in [0.717, 1.165) is 72.0 Å². The molecule has 0 amide bonds. The number of ketones is 1. The van der Waals surface area contributed by atoms with E-state index >= 15 is 0 Å². The second kappa shape index (κ2) is 7.39. The highest BCUT2D eigenvalue weighted by molar-refractivity contribution is 6.10. The molecule has 0 radical (unpaired) electrons. The quantitative estimate of drug-likeness (QED) is 0.588. The van der Waals surface area contributed by atoms with Crippen LogP contribution in [0.5, 0.6) is 0 Å². The molecule has 0 saturated heterocycles. The first-order chi connectivity index (χ1) is 14.2. The third kappa shape index (κ3) is 3.65. The summed E-state index contributed by atoms with van der Waals surface area (Å²) in [4.78, 5) is 21.7. The van der Waals surface area contributed by atoms with E-state index in [4.69, 9.17) is 5.41 Å². The average molecular weight is 384 g/mol. The summed E-state index contributed by atoms with van der Waals surface area (Å²) in [6.45, 7) is 0. The van der Waals surface area contributed by atoms with Crippen molar-refractivity contribution in [2.75, 3.05) is 5.32 Å². The summed E-state index contributed by atoms with van der Waals surface area (Å²) in [5, 5.41) is 12.6. The fourth-order valence-electron chi connectivity index (χ4n) is 4.14. The van der Waals surface area contributed by atoms with Crippen molar-refractivity contribution < 1.29 is 4.79 Å². The number of aromatic nitrogens is 2. The first-order valence-corrected chi connectivity index (χ1v) is 10.4. The van der Waals surface area contributed by atoms with E-state index in [2.05, 4.69) is 27.4 Å². The molecule has 0 spiro atoms. The third-order valence-corrected chi connectivity index (χ3v) is 6.03. The van der Waals surface area contributed by atoms with Crippen LogP contribution in [0.2, 0.25) is 0 Å². The van der Waals surface area contributed by atoms with E-state index < -0.39 is 0 Å². The maximum atomic E-state index is 13.0. The van der Waals surface area contributed by atoms with Gasteiger partial charge in [0.15, 0.2) is 5.78 Å². The number of benzene rings is 1. The highest BCUT2D eigenvalue weighted by Gasteiger charge is 2.33. The Balaban J connectivity index is 1.61. The molecular formula is C24H24N4O. The molecule has 2 heterocycles. The summed E-state index contributed by atoms with van der Waals surface area (Å²) in [5.41, 5.74) is 5.54. The molecule has 2 saturated carbocycles. The lowest BCUT2D eigenvalue weighted by Gasteiger charge is -2.26. The molecule has 1 aromatic carbocycles. The number of Topliss-reactive ketones (excluding diaryl/α,β-unsaturated/α-hetero) is 1. The van der Waals surface area contributed by atoms with Crippen LogP contribution in [0, 0.1) is 11.3 Å².